The predicted octanol–water partition coefficient (Wildman–Crippen LogP) is -0.491. The summed E-state index contributed by atoms with van der Waals surface area (Å²) in [5.74, 6) is -0.776. The van der Waals surface area contributed by atoms with E-state index in [0.29, 0.717) is 24.4 Å². The quantitative estimate of drug-likeness (QED) is 0.545. The summed E-state index contributed by atoms with van der Waals surface area (Å²) < 4.78 is 4.77. The van der Waals surface area contributed by atoms with Gasteiger partial charge in [-0.15, -0.1) is 0 Å². The number of carboxylic acid groups (broad SMARTS) is 1. The van der Waals surface area contributed by atoms with Crippen LogP contribution in [0.4, 0.5) is 0 Å². The van der Waals surface area contributed by atoms with E-state index in [-0.39, 0.29) is 5.69 Å². The molecular weight excluding hydrogens is 176 g/mol. The van der Waals surface area contributed by atoms with Gasteiger partial charge >= 0.3 is 5.97 Å². The molecule has 1 atom stereocenters. The van der Waals surface area contributed by atoms with Gasteiger partial charge in [0, 0.05) is 6.54 Å². The Kier molecular flexibility index (Phi) is 1.78. The first-order valence-corrected chi connectivity index (χ1v) is 3.80. The second-order valence-corrected chi connectivity index (χ2v) is 2.82. The van der Waals surface area contributed by atoms with E-state index in [1.807, 2.05) is 0 Å². The van der Waals surface area contributed by atoms with Crippen LogP contribution in [0.5, 0.6) is 0 Å². The van der Waals surface area contributed by atoms with Gasteiger partial charge in [0.05, 0.1) is 18.2 Å². The van der Waals surface area contributed by atoms with Gasteiger partial charge < -0.3 is 20.1 Å². The number of aromatic nitrogens is 1. The summed E-state index contributed by atoms with van der Waals surface area (Å²) in [6.45, 7) is 0.737. The van der Waals surface area contributed by atoms with Gasteiger partial charge in [0.25, 0.3) is 0 Å². The number of hydrogen-bond donors (Lipinski definition) is 3. The lowest BCUT2D eigenvalue weighted by Gasteiger charge is -2.16. The lowest BCUT2D eigenvalue weighted by atomic mass is 10.0. The maximum Gasteiger partial charge on any atom is 0.358 e. The monoisotopic (exact) mass is 184 g/mol. The molecule has 1 aromatic heterocycles. The van der Waals surface area contributed by atoms with Crippen LogP contribution in [0.1, 0.15) is 27.9 Å². The average Bonchev–Trinajstić information content (AvgIpc) is 2.49. The molecule has 0 radical (unpaired) electrons. The molecule has 0 saturated carbocycles. The molecule has 13 heavy (non-hydrogen) atoms. The van der Waals surface area contributed by atoms with Gasteiger partial charge in [-0.05, 0) is 0 Å². The number of fused-ring (bicyclic) bond motifs is 1. The molecule has 1 unspecified atom stereocenters. The summed E-state index contributed by atoms with van der Waals surface area (Å²) in [5.41, 5.74) is 0.107. The van der Waals surface area contributed by atoms with Crippen molar-refractivity contribution in [1.82, 2.24) is 10.5 Å². The van der Waals surface area contributed by atoms with Crippen molar-refractivity contribution in [1.29, 1.82) is 0 Å². The summed E-state index contributed by atoms with van der Waals surface area (Å²) in [7, 11) is 0. The molecule has 0 aromatic carbocycles. The molecule has 2 rings (SSSR count). The predicted molar refractivity (Wildman–Crippen MR) is 40.1 cm³/mol. The van der Waals surface area contributed by atoms with Crippen molar-refractivity contribution in [3.63, 3.8) is 0 Å². The highest BCUT2D eigenvalue weighted by molar-refractivity contribution is 5.87. The highest BCUT2D eigenvalue weighted by Crippen LogP contribution is 2.25. The van der Waals surface area contributed by atoms with Crippen molar-refractivity contribution >= 4 is 5.97 Å². The first-order chi connectivity index (χ1) is 6.20. The number of aromatic carboxylic acids is 1. The first-order valence-electron chi connectivity index (χ1n) is 3.80. The van der Waals surface area contributed by atoms with Crippen molar-refractivity contribution in [2.24, 2.45) is 0 Å². The summed E-state index contributed by atoms with van der Waals surface area (Å²) in [5, 5.41) is 24.4. The second kappa shape index (κ2) is 2.82. The summed E-state index contributed by atoms with van der Waals surface area (Å²) >= 11 is 0. The number of aliphatic hydroxyl groups is 1. The van der Waals surface area contributed by atoms with Crippen LogP contribution >= 0.6 is 0 Å². The topological polar surface area (TPSA) is 95.6 Å². The van der Waals surface area contributed by atoms with Gasteiger partial charge in [-0.3, -0.25) is 0 Å². The van der Waals surface area contributed by atoms with Crippen molar-refractivity contribution in [2.75, 3.05) is 6.54 Å². The SMILES string of the molecule is O=C(O)c1noc2c1C(O)CNC2. The van der Waals surface area contributed by atoms with Crippen LogP contribution < -0.4 is 5.32 Å². The molecular formula is C7H8N2O4. The fourth-order valence-electron chi connectivity index (χ4n) is 1.38. The third kappa shape index (κ3) is 1.20. The van der Waals surface area contributed by atoms with Gasteiger partial charge in [-0.1, -0.05) is 5.16 Å². The fourth-order valence-corrected chi connectivity index (χ4v) is 1.38. The van der Waals surface area contributed by atoms with Crippen LogP contribution in [0.2, 0.25) is 0 Å². The van der Waals surface area contributed by atoms with Crippen molar-refractivity contribution < 1.29 is 19.5 Å². The molecule has 0 aliphatic carbocycles. The molecule has 1 aliphatic rings. The van der Waals surface area contributed by atoms with E-state index in [0.717, 1.165) is 0 Å². The third-order valence-corrected chi connectivity index (χ3v) is 1.96. The Hall–Kier alpha value is -1.40. The minimum Gasteiger partial charge on any atom is -0.476 e. The van der Waals surface area contributed by atoms with Gasteiger partial charge in [0.2, 0.25) is 0 Å². The number of nitrogens with one attached hydrogen (secondary N) is 1. The molecule has 1 aromatic rings. The highest BCUT2D eigenvalue weighted by atomic mass is 16.5. The maximum absolute atomic E-state index is 10.6. The Balaban J connectivity index is 2.50. The third-order valence-electron chi connectivity index (χ3n) is 1.96. The van der Waals surface area contributed by atoms with Crippen LogP contribution in [-0.2, 0) is 6.54 Å². The Morgan fingerprint density at radius 3 is 3.15 bits per heavy atom. The van der Waals surface area contributed by atoms with E-state index in [9.17, 15) is 9.90 Å². The number of carbonyl (C=O) groups is 1. The first kappa shape index (κ1) is 8.21. The average molecular weight is 184 g/mol. The fraction of sp³-hybridized carbons (Fsp3) is 0.429. The molecule has 2 heterocycles. The van der Waals surface area contributed by atoms with Crippen molar-refractivity contribution in [3.05, 3.63) is 17.0 Å². The molecule has 70 valence electrons. The van der Waals surface area contributed by atoms with Crippen molar-refractivity contribution in [2.45, 2.75) is 12.6 Å². The van der Waals surface area contributed by atoms with E-state index in [2.05, 4.69) is 10.5 Å². The number of hydrogen-bond acceptors (Lipinski definition) is 5. The molecule has 0 amide bonds. The Morgan fingerprint density at radius 2 is 2.46 bits per heavy atom. The van der Waals surface area contributed by atoms with Crippen molar-refractivity contribution in [3.8, 4) is 0 Å². The minimum absolute atomic E-state index is 0.191. The van der Waals surface area contributed by atoms with E-state index >= 15 is 0 Å². The zero-order valence-electron chi connectivity index (χ0n) is 6.65. The van der Waals surface area contributed by atoms with E-state index in [4.69, 9.17) is 9.63 Å². The van der Waals surface area contributed by atoms with Crippen LogP contribution in [-0.4, -0.2) is 27.9 Å². The highest BCUT2D eigenvalue weighted by Gasteiger charge is 2.29. The zero-order chi connectivity index (χ0) is 9.42. The lowest BCUT2D eigenvalue weighted by molar-refractivity contribution is 0.0678. The molecule has 1 aliphatic heterocycles. The number of β-amino-alcohol motifs (C(OH)–C–C–N with tert-alkyl or cyclic N) is 1. The largest absolute Gasteiger partial charge is 0.476 e. The smallest absolute Gasteiger partial charge is 0.358 e. The van der Waals surface area contributed by atoms with Crippen LogP contribution in [0, 0.1) is 0 Å². The van der Waals surface area contributed by atoms with Gasteiger partial charge in [-0.2, -0.15) is 0 Å². The van der Waals surface area contributed by atoms with Gasteiger partial charge in [-0.25, -0.2) is 4.79 Å². The standard InChI is InChI=1S/C7H8N2O4/c10-3-1-8-2-4-5(3)6(7(11)12)9-13-4/h3,8,10H,1-2H2,(H,11,12). The molecule has 6 nitrogen and oxygen atoms in total. The molecule has 0 saturated heterocycles. The Bertz CT molecular complexity index is 346. The van der Waals surface area contributed by atoms with Gasteiger partial charge in [0.15, 0.2) is 11.5 Å². The Morgan fingerprint density at radius 1 is 1.69 bits per heavy atom. The zero-order valence-corrected chi connectivity index (χ0v) is 6.65. The molecule has 0 fully saturated rings. The Labute approximate surface area is 73.2 Å². The van der Waals surface area contributed by atoms with Crippen LogP contribution in [0.15, 0.2) is 4.52 Å². The minimum atomic E-state index is -1.18. The van der Waals surface area contributed by atoms with Crippen LogP contribution in [0.25, 0.3) is 0 Å². The summed E-state index contributed by atoms with van der Waals surface area (Å²) in [6.07, 6.45) is -0.846. The molecule has 0 bridgehead atoms. The van der Waals surface area contributed by atoms with Gasteiger partial charge in [0.1, 0.15) is 0 Å². The van der Waals surface area contributed by atoms with E-state index in [1.165, 1.54) is 0 Å². The number of aliphatic hydroxyl groups excluding tert-OH is 1. The number of nitrogens with zero attached hydrogens (tertiary/aromatic N) is 1. The van der Waals surface area contributed by atoms with E-state index in [1.54, 1.807) is 0 Å². The molecule has 3 N–H and O–H groups in total. The summed E-state index contributed by atoms with van der Waals surface area (Å²) in [4.78, 5) is 10.6. The lowest BCUT2D eigenvalue weighted by Crippen LogP contribution is -2.28. The summed E-state index contributed by atoms with van der Waals surface area (Å²) in [6, 6.07) is 0. The molecule has 6 heteroatoms. The maximum atomic E-state index is 10.6. The normalized spacial score (nSPS) is 21.2. The van der Waals surface area contributed by atoms with Crippen LogP contribution in [0.3, 0.4) is 0 Å². The number of rotatable bonds is 1. The molecule has 0 spiro atoms. The van der Waals surface area contributed by atoms with E-state index < -0.39 is 12.1 Å². The number of carboxylic acids is 1. The second-order valence-electron chi connectivity index (χ2n) is 2.82.